The second kappa shape index (κ2) is 9.80. The molecule has 1 heterocycles. The predicted octanol–water partition coefficient (Wildman–Crippen LogP) is 5.91. The number of hydrogen-bond donors (Lipinski definition) is 0. The molecule has 0 spiro atoms. The Morgan fingerprint density at radius 1 is 0.862 bits per heavy atom. The van der Waals surface area contributed by atoms with E-state index in [4.69, 9.17) is 0 Å². The molecule has 1 aliphatic carbocycles. The second-order valence-electron chi connectivity index (χ2n) is 8.87. The quantitative estimate of drug-likeness (QED) is 0.418. The summed E-state index contributed by atoms with van der Waals surface area (Å²) < 4.78 is 1.34. The Kier molecular flexibility index (Phi) is 7.40. The number of hydrogen-bond acceptors (Lipinski definition) is 1. The average Bonchev–Trinajstić information content (AvgIpc) is 3.19. The second-order valence-corrected chi connectivity index (χ2v) is 8.87. The van der Waals surface area contributed by atoms with Crippen LogP contribution in [0.2, 0.25) is 0 Å². The lowest BCUT2D eigenvalue weighted by Gasteiger charge is -2.47. The first kappa shape index (κ1) is 21.9. The summed E-state index contributed by atoms with van der Waals surface area (Å²) in [7, 11) is 0. The summed E-state index contributed by atoms with van der Waals surface area (Å²) in [4.78, 5) is 2.73. The number of quaternary nitrogens is 1. The Morgan fingerprint density at radius 2 is 1.48 bits per heavy atom. The monoisotopic (exact) mass is 392 g/mol. The maximum atomic E-state index is 2.73. The summed E-state index contributed by atoms with van der Waals surface area (Å²) in [6.45, 7) is 9.97. The summed E-state index contributed by atoms with van der Waals surface area (Å²) in [6.07, 6.45) is 7.95. The zero-order valence-electron chi connectivity index (χ0n) is 18.8. The largest absolute Gasteiger partial charge is 0.368 e. The Bertz CT molecular complexity index is 725. The molecule has 1 fully saturated rings. The minimum absolute atomic E-state index is 0. The Morgan fingerprint density at radius 3 is 2.10 bits per heavy atom. The molecule has 4 rings (SSSR count). The van der Waals surface area contributed by atoms with Crippen LogP contribution >= 0.6 is 0 Å². The van der Waals surface area contributed by atoms with E-state index in [0.29, 0.717) is 6.04 Å². The van der Waals surface area contributed by atoms with Gasteiger partial charge in [-0.3, -0.25) is 0 Å². The molecular weight excluding hydrogens is 352 g/mol. The standard InChI is InChI=1S/C26H37N2.CH3/c1-3-28(4-2)19-11-10-16-26(28)17-18-27(24-14-6-5-7-15-24)25-20-22-12-8-9-13-23(22)21-25;/h5-9,12-15,25-26H,3-4,10-11,16-21H2,1-2H3;1H3/q+1;-1/t26-;/m0./s1. The van der Waals surface area contributed by atoms with Crippen molar-refractivity contribution in [3.8, 4) is 0 Å². The van der Waals surface area contributed by atoms with Gasteiger partial charge in [0.05, 0.1) is 25.7 Å². The van der Waals surface area contributed by atoms with Crippen molar-refractivity contribution in [2.45, 2.75) is 64.5 Å². The van der Waals surface area contributed by atoms with Gasteiger partial charge in [-0.1, -0.05) is 42.5 Å². The Labute approximate surface area is 179 Å². The summed E-state index contributed by atoms with van der Waals surface area (Å²) >= 11 is 0. The molecule has 2 heteroatoms. The molecule has 0 saturated carbocycles. The first-order valence-electron chi connectivity index (χ1n) is 11.5. The van der Waals surface area contributed by atoms with Crippen molar-refractivity contribution in [1.29, 1.82) is 0 Å². The number of piperidine rings is 1. The molecule has 2 nitrogen and oxygen atoms in total. The summed E-state index contributed by atoms with van der Waals surface area (Å²) in [6, 6.07) is 21.7. The zero-order chi connectivity index (χ0) is 19.4. The summed E-state index contributed by atoms with van der Waals surface area (Å²) in [5.41, 5.74) is 4.51. The van der Waals surface area contributed by atoms with E-state index in [-0.39, 0.29) is 7.43 Å². The predicted molar refractivity (Wildman–Crippen MR) is 126 cm³/mol. The van der Waals surface area contributed by atoms with Gasteiger partial charge in [0.15, 0.2) is 0 Å². The molecule has 0 amide bonds. The normalized spacial score (nSPS) is 20.7. The molecule has 0 bridgehead atoms. The van der Waals surface area contributed by atoms with Gasteiger partial charge >= 0.3 is 0 Å². The lowest BCUT2D eigenvalue weighted by molar-refractivity contribution is -0.953. The zero-order valence-corrected chi connectivity index (χ0v) is 18.8. The Balaban J connectivity index is 0.00000240. The van der Waals surface area contributed by atoms with E-state index in [2.05, 4.69) is 73.3 Å². The molecular formula is C27H40N2. The van der Waals surface area contributed by atoms with E-state index in [0.717, 1.165) is 6.04 Å². The van der Waals surface area contributed by atoms with E-state index in [1.54, 1.807) is 11.1 Å². The third-order valence-corrected chi connectivity index (χ3v) is 7.69. The third kappa shape index (κ3) is 4.53. The molecule has 0 radical (unpaired) electrons. The topological polar surface area (TPSA) is 3.24 Å². The molecule has 29 heavy (non-hydrogen) atoms. The fraction of sp³-hybridized carbons (Fsp3) is 0.519. The van der Waals surface area contributed by atoms with Crippen LogP contribution in [0.5, 0.6) is 0 Å². The first-order valence-corrected chi connectivity index (χ1v) is 11.5. The fourth-order valence-electron chi connectivity index (χ4n) is 5.92. The van der Waals surface area contributed by atoms with Crippen LogP contribution < -0.4 is 4.90 Å². The van der Waals surface area contributed by atoms with Crippen molar-refractivity contribution < 1.29 is 4.48 Å². The van der Waals surface area contributed by atoms with Gasteiger partial charge in [-0.05, 0) is 69.2 Å². The van der Waals surface area contributed by atoms with Crippen LogP contribution in [0.1, 0.15) is 50.7 Å². The number of anilines is 1. The SMILES string of the molecule is CC[N+]1(CC)CCCC[C@H]1CCN(c1ccccc1)C1Cc2ccccc2C1.[CH3-]. The van der Waals surface area contributed by atoms with E-state index in [9.17, 15) is 0 Å². The molecule has 1 saturated heterocycles. The van der Waals surface area contributed by atoms with E-state index < -0.39 is 0 Å². The lowest BCUT2D eigenvalue weighted by Crippen LogP contribution is -2.58. The van der Waals surface area contributed by atoms with Crippen LogP contribution in [0, 0.1) is 7.43 Å². The van der Waals surface area contributed by atoms with Crippen molar-refractivity contribution >= 4 is 5.69 Å². The Hall–Kier alpha value is -1.80. The maximum Gasteiger partial charge on any atom is 0.0907 e. The number of likely N-dealkylation sites (tertiary alicyclic amines) is 1. The van der Waals surface area contributed by atoms with Crippen LogP contribution in [0.15, 0.2) is 54.6 Å². The van der Waals surface area contributed by atoms with E-state index in [1.807, 2.05) is 0 Å². The van der Waals surface area contributed by atoms with Crippen LogP contribution in [-0.4, -0.2) is 42.7 Å². The van der Waals surface area contributed by atoms with Gasteiger partial charge in [0.25, 0.3) is 0 Å². The third-order valence-electron chi connectivity index (χ3n) is 7.69. The molecule has 2 aliphatic rings. The van der Waals surface area contributed by atoms with Crippen molar-refractivity contribution in [1.82, 2.24) is 0 Å². The smallest absolute Gasteiger partial charge is 0.0907 e. The number of para-hydroxylation sites is 1. The maximum absolute atomic E-state index is 2.73. The minimum atomic E-state index is 0. The van der Waals surface area contributed by atoms with Crippen LogP contribution in [-0.2, 0) is 12.8 Å². The van der Waals surface area contributed by atoms with Gasteiger partial charge in [0.2, 0.25) is 0 Å². The van der Waals surface area contributed by atoms with Gasteiger partial charge < -0.3 is 16.8 Å². The minimum Gasteiger partial charge on any atom is -0.368 e. The molecule has 0 unspecified atom stereocenters. The van der Waals surface area contributed by atoms with Crippen molar-refractivity contribution in [3.63, 3.8) is 0 Å². The van der Waals surface area contributed by atoms with E-state index >= 15 is 0 Å². The van der Waals surface area contributed by atoms with Gasteiger partial charge in [0.1, 0.15) is 0 Å². The number of fused-ring (bicyclic) bond motifs is 1. The molecule has 1 atom stereocenters. The van der Waals surface area contributed by atoms with Crippen LogP contribution in [0.3, 0.4) is 0 Å². The number of benzene rings is 2. The van der Waals surface area contributed by atoms with Crippen molar-refractivity contribution in [2.24, 2.45) is 0 Å². The van der Waals surface area contributed by atoms with E-state index in [1.165, 1.54) is 74.9 Å². The van der Waals surface area contributed by atoms with Crippen molar-refractivity contribution in [3.05, 3.63) is 73.2 Å². The number of nitrogens with zero attached hydrogens (tertiary/aromatic N) is 2. The van der Waals surface area contributed by atoms with Gasteiger partial charge in [-0.2, -0.15) is 0 Å². The number of rotatable bonds is 7. The average molecular weight is 393 g/mol. The first-order chi connectivity index (χ1) is 13.8. The van der Waals surface area contributed by atoms with Crippen LogP contribution in [0.4, 0.5) is 5.69 Å². The molecule has 0 aromatic heterocycles. The van der Waals surface area contributed by atoms with Gasteiger partial charge in [-0.15, -0.1) is 0 Å². The molecule has 0 N–H and O–H groups in total. The highest BCUT2D eigenvalue weighted by Crippen LogP contribution is 2.32. The fourth-order valence-corrected chi connectivity index (χ4v) is 5.92. The molecule has 2 aromatic rings. The highest BCUT2D eigenvalue weighted by atomic mass is 15.4. The summed E-state index contributed by atoms with van der Waals surface area (Å²) in [5.74, 6) is 0. The summed E-state index contributed by atoms with van der Waals surface area (Å²) in [5, 5.41) is 0. The molecule has 1 aliphatic heterocycles. The molecule has 158 valence electrons. The highest BCUT2D eigenvalue weighted by molar-refractivity contribution is 5.49. The highest BCUT2D eigenvalue weighted by Gasteiger charge is 2.37. The lowest BCUT2D eigenvalue weighted by atomic mass is 9.94. The van der Waals surface area contributed by atoms with Crippen LogP contribution in [0.25, 0.3) is 0 Å². The van der Waals surface area contributed by atoms with Gasteiger partial charge in [0, 0.05) is 24.7 Å². The van der Waals surface area contributed by atoms with Crippen molar-refractivity contribution in [2.75, 3.05) is 31.1 Å². The molecule has 2 aromatic carbocycles. The van der Waals surface area contributed by atoms with Gasteiger partial charge in [-0.25, -0.2) is 0 Å².